The number of hydrogen-bond acceptors (Lipinski definition) is 7. The number of aromatic nitrogens is 1. The Bertz CT molecular complexity index is 1280. The van der Waals surface area contributed by atoms with Crippen LogP contribution in [0.3, 0.4) is 0 Å². The molecule has 1 unspecified atom stereocenters. The standard InChI is InChI=1S/C22H18Cl2N4O5/c23-13-8-25-9-14(24)17(13)22(33)27-12-3-1-10(2-4-12)15(7-16(29)30)28-19-18(20(31)21(19)32)26-11-5-6-11/h1-4,8-9,11,15,26,28H,5-7H2,(H,27,33)(H,29,30). The van der Waals surface area contributed by atoms with Crippen molar-refractivity contribution in [3.05, 3.63) is 78.3 Å². The number of hydrogen-bond donors (Lipinski definition) is 4. The molecule has 1 aliphatic carbocycles. The molecule has 1 atom stereocenters. The molecule has 1 amide bonds. The van der Waals surface area contributed by atoms with Crippen LogP contribution in [0.15, 0.2) is 46.2 Å². The molecule has 1 aliphatic rings. The van der Waals surface area contributed by atoms with E-state index in [1.165, 1.54) is 12.4 Å². The van der Waals surface area contributed by atoms with Gasteiger partial charge in [0, 0.05) is 24.1 Å². The Kier molecular flexibility index (Phi) is 6.35. The van der Waals surface area contributed by atoms with Crippen LogP contribution in [-0.2, 0) is 4.79 Å². The quantitative estimate of drug-likeness (QED) is 0.336. The smallest absolute Gasteiger partial charge is 0.305 e. The first-order valence-corrected chi connectivity index (χ1v) is 10.8. The number of rotatable bonds is 9. The lowest BCUT2D eigenvalue weighted by molar-refractivity contribution is -0.137. The van der Waals surface area contributed by atoms with Crippen molar-refractivity contribution < 1.29 is 14.7 Å². The van der Waals surface area contributed by atoms with Gasteiger partial charge in [-0.15, -0.1) is 0 Å². The molecule has 1 fully saturated rings. The molecule has 33 heavy (non-hydrogen) atoms. The predicted molar refractivity (Wildman–Crippen MR) is 125 cm³/mol. The van der Waals surface area contributed by atoms with Crippen LogP contribution in [0.5, 0.6) is 0 Å². The molecule has 1 aromatic heterocycles. The van der Waals surface area contributed by atoms with Gasteiger partial charge in [-0.2, -0.15) is 0 Å². The molecule has 4 rings (SSSR count). The Morgan fingerprint density at radius 2 is 1.64 bits per heavy atom. The molecule has 9 nitrogen and oxygen atoms in total. The number of carbonyl (C=O) groups excluding carboxylic acids is 1. The zero-order chi connectivity index (χ0) is 23.7. The summed E-state index contributed by atoms with van der Waals surface area (Å²) in [6.45, 7) is 0. The molecule has 3 aromatic rings. The number of aliphatic carboxylic acids is 1. The number of benzene rings is 1. The number of anilines is 3. The summed E-state index contributed by atoms with van der Waals surface area (Å²) in [6.07, 6.45) is 4.12. The molecule has 0 saturated heterocycles. The van der Waals surface area contributed by atoms with Crippen LogP contribution >= 0.6 is 23.2 Å². The van der Waals surface area contributed by atoms with E-state index in [1.807, 2.05) is 0 Å². The van der Waals surface area contributed by atoms with E-state index in [0.717, 1.165) is 12.8 Å². The second kappa shape index (κ2) is 9.21. The molecule has 0 aliphatic heterocycles. The van der Waals surface area contributed by atoms with Gasteiger partial charge in [0.25, 0.3) is 16.8 Å². The summed E-state index contributed by atoms with van der Waals surface area (Å²) in [5.74, 6) is -1.61. The average molecular weight is 489 g/mol. The zero-order valence-corrected chi connectivity index (χ0v) is 18.5. The maximum Gasteiger partial charge on any atom is 0.305 e. The number of carboxylic acid groups (broad SMARTS) is 1. The highest BCUT2D eigenvalue weighted by molar-refractivity contribution is 6.40. The Labute approximate surface area is 197 Å². The minimum absolute atomic E-state index is 0.0821. The minimum Gasteiger partial charge on any atom is -0.481 e. The van der Waals surface area contributed by atoms with Gasteiger partial charge in [-0.05, 0) is 30.5 Å². The first-order valence-electron chi connectivity index (χ1n) is 10.0. The highest BCUT2D eigenvalue weighted by Gasteiger charge is 2.30. The van der Waals surface area contributed by atoms with Crippen molar-refractivity contribution in [1.82, 2.24) is 4.98 Å². The zero-order valence-electron chi connectivity index (χ0n) is 17.0. The van der Waals surface area contributed by atoms with Crippen molar-refractivity contribution in [2.45, 2.75) is 31.3 Å². The Hall–Kier alpha value is -3.43. The molecule has 0 bridgehead atoms. The molecule has 0 radical (unpaired) electrons. The molecule has 170 valence electrons. The molecule has 4 N–H and O–H groups in total. The lowest BCUT2D eigenvalue weighted by Crippen LogP contribution is -2.38. The summed E-state index contributed by atoms with van der Waals surface area (Å²) in [6, 6.07) is 5.80. The number of halogens is 2. The van der Waals surface area contributed by atoms with Crippen LogP contribution in [-0.4, -0.2) is 28.0 Å². The Morgan fingerprint density at radius 3 is 2.21 bits per heavy atom. The SMILES string of the molecule is O=C(O)CC(Nc1c(NC2CC2)c(=O)c1=O)c1ccc(NC(=O)c2c(Cl)cncc2Cl)cc1. The lowest BCUT2D eigenvalue weighted by Gasteiger charge is -2.22. The van der Waals surface area contributed by atoms with Crippen molar-refractivity contribution >= 4 is 52.1 Å². The van der Waals surface area contributed by atoms with E-state index >= 15 is 0 Å². The topological polar surface area (TPSA) is 137 Å². The van der Waals surface area contributed by atoms with Crippen LogP contribution in [0.1, 0.15) is 41.2 Å². The first kappa shape index (κ1) is 22.8. The normalized spacial score (nSPS) is 14.0. The second-order valence-corrected chi connectivity index (χ2v) is 8.49. The Balaban J connectivity index is 1.52. The molecule has 2 aromatic carbocycles. The summed E-state index contributed by atoms with van der Waals surface area (Å²) >= 11 is 12.0. The van der Waals surface area contributed by atoms with Gasteiger partial charge < -0.3 is 21.1 Å². The van der Waals surface area contributed by atoms with Gasteiger partial charge in [-0.1, -0.05) is 35.3 Å². The van der Waals surface area contributed by atoms with Gasteiger partial charge in [0.1, 0.15) is 11.4 Å². The van der Waals surface area contributed by atoms with Crippen molar-refractivity contribution in [2.24, 2.45) is 0 Å². The summed E-state index contributed by atoms with van der Waals surface area (Å²) in [5, 5.41) is 18.1. The maximum atomic E-state index is 12.5. The largest absolute Gasteiger partial charge is 0.481 e. The molecular weight excluding hydrogens is 471 g/mol. The fourth-order valence-electron chi connectivity index (χ4n) is 3.32. The van der Waals surface area contributed by atoms with Gasteiger partial charge in [0.2, 0.25) is 0 Å². The van der Waals surface area contributed by atoms with E-state index in [9.17, 15) is 24.3 Å². The number of pyridine rings is 1. The fraction of sp³-hybridized carbons (Fsp3) is 0.227. The summed E-state index contributed by atoms with van der Waals surface area (Å²) in [5.41, 5.74) is 0.0743. The van der Waals surface area contributed by atoms with E-state index in [1.54, 1.807) is 24.3 Å². The van der Waals surface area contributed by atoms with Gasteiger partial charge in [-0.25, -0.2) is 0 Å². The van der Waals surface area contributed by atoms with Crippen LogP contribution in [0.2, 0.25) is 10.0 Å². The maximum absolute atomic E-state index is 12.5. The minimum atomic E-state index is -1.08. The number of amides is 1. The van der Waals surface area contributed by atoms with Crippen LogP contribution in [0.25, 0.3) is 0 Å². The van der Waals surface area contributed by atoms with Crippen LogP contribution < -0.4 is 26.8 Å². The summed E-state index contributed by atoms with van der Waals surface area (Å²) in [7, 11) is 0. The second-order valence-electron chi connectivity index (χ2n) is 7.68. The number of carbonyl (C=O) groups is 2. The van der Waals surface area contributed by atoms with Crippen molar-refractivity contribution in [3.63, 3.8) is 0 Å². The van der Waals surface area contributed by atoms with Gasteiger partial charge >= 0.3 is 5.97 Å². The molecule has 1 heterocycles. The third-order valence-corrected chi connectivity index (χ3v) is 5.76. The summed E-state index contributed by atoms with van der Waals surface area (Å²) < 4.78 is 0. The molecule has 11 heteroatoms. The number of carboxylic acids is 1. The van der Waals surface area contributed by atoms with Crippen LogP contribution in [0.4, 0.5) is 17.1 Å². The molecule has 0 spiro atoms. The van der Waals surface area contributed by atoms with E-state index in [0.29, 0.717) is 11.3 Å². The Morgan fingerprint density at radius 1 is 1.03 bits per heavy atom. The molecular formula is C22H18Cl2N4O5. The lowest BCUT2D eigenvalue weighted by atomic mass is 10.0. The number of nitrogens with one attached hydrogen (secondary N) is 3. The monoisotopic (exact) mass is 488 g/mol. The third-order valence-electron chi connectivity index (χ3n) is 5.18. The molecule has 1 saturated carbocycles. The predicted octanol–water partition coefficient (Wildman–Crippen LogP) is 3.44. The summed E-state index contributed by atoms with van der Waals surface area (Å²) in [4.78, 5) is 51.7. The highest BCUT2D eigenvalue weighted by Crippen LogP contribution is 2.30. The van der Waals surface area contributed by atoms with Crippen molar-refractivity contribution in [3.8, 4) is 0 Å². The van der Waals surface area contributed by atoms with E-state index in [-0.39, 0.29) is 39.4 Å². The van der Waals surface area contributed by atoms with E-state index in [2.05, 4.69) is 20.9 Å². The van der Waals surface area contributed by atoms with Gasteiger partial charge in [0.05, 0.1) is 28.1 Å². The van der Waals surface area contributed by atoms with Gasteiger partial charge in [-0.3, -0.25) is 24.2 Å². The highest BCUT2D eigenvalue weighted by atomic mass is 35.5. The average Bonchev–Trinajstić information content (AvgIpc) is 3.59. The number of nitrogens with zero attached hydrogens (tertiary/aromatic N) is 1. The van der Waals surface area contributed by atoms with E-state index < -0.39 is 28.8 Å². The van der Waals surface area contributed by atoms with Crippen LogP contribution in [0, 0.1) is 0 Å². The fourth-order valence-corrected chi connectivity index (χ4v) is 3.86. The first-order chi connectivity index (χ1) is 15.7. The third kappa shape index (κ3) is 4.99. The van der Waals surface area contributed by atoms with Gasteiger partial charge in [0.15, 0.2) is 0 Å². The van der Waals surface area contributed by atoms with E-state index in [4.69, 9.17) is 23.2 Å². The van der Waals surface area contributed by atoms with Crippen molar-refractivity contribution in [1.29, 1.82) is 0 Å². The van der Waals surface area contributed by atoms with Crippen molar-refractivity contribution in [2.75, 3.05) is 16.0 Å².